The Hall–Kier alpha value is -3.59. The molecule has 0 saturated heterocycles. The van der Waals surface area contributed by atoms with E-state index in [0.29, 0.717) is 35.1 Å². The number of primary amides is 1. The van der Waals surface area contributed by atoms with Gasteiger partial charge in [0.25, 0.3) is 5.24 Å². The van der Waals surface area contributed by atoms with E-state index < -0.39 is 5.24 Å². The number of nitrogens with zero attached hydrogens (tertiary/aromatic N) is 1. The summed E-state index contributed by atoms with van der Waals surface area (Å²) in [4.78, 5) is 15.0. The average Bonchev–Trinajstić information content (AvgIpc) is 3.49. The molecule has 0 fully saturated rings. The second kappa shape index (κ2) is 11.7. The first-order chi connectivity index (χ1) is 17.0. The summed E-state index contributed by atoms with van der Waals surface area (Å²) < 4.78 is 22.9. The second-order valence-electron chi connectivity index (χ2n) is 8.02. The van der Waals surface area contributed by atoms with E-state index >= 15 is 0 Å². The highest BCUT2D eigenvalue weighted by Crippen LogP contribution is 2.35. The van der Waals surface area contributed by atoms with Crippen molar-refractivity contribution < 1.29 is 23.4 Å². The van der Waals surface area contributed by atoms with E-state index in [1.807, 2.05) is 18.2 Å². The molecule has 2 aromatic carbocycles. The van der Waals surface area contributed by atoms with Gasteiger partial charge in [-0.3, -0.25) is 4.79 Å². The number of thioether (sulfide) groups is 1. The molecule has 3 N–H and O–H groups in total. The van der Waals surface area contributed by atoms with E-state index in [1.165, 1.54) is 11.1 Å². The summed E-state index contributed by atoms with van der Waals surface area (Å²) in [6.45, 7) is 6.15. The summed E-state index contributed by atoms with van der Waals surface area (Å²) in [5.41, 5.74) is 9.84. The van der Waals surface area contributed by atoms with Gasteiger partial charge in [-0.15, -0.1) is 0 Å². The Balaban J connectivity index is 1.27. The van der Waals surface area contributed by atoms with Crippen LogP contribution in [0.4, 0.5) is 10.5 Å². The van der Waals surface area contributed by atoms with E-state index in [4.69, 9.17) is 24.4 Å². The average molecular weight is 496 g/mol. The van der Waals surface area contributed by atoms with Crippen LogP contribution < -0.4 is 25.3 Å². The molecule has 0 bridgehead atoms. The highest BCUT2D eigenvalue weighted by molar-refractivity contribution is 8.24. The Morgan fingerprint density at radius 1 is 1.26 bits per heavy atom. The molecule has 0 atom stereocenters. The molecular weight excluding hydrogens is 466 g/mol. The maximum Gasteiger partial charge on any atom is 0.282 e. The summed E-state index contributed by atoms with van der Waals surface area (Å²) >= 11 is 0.783. The number of rotatable bonds is 12. The van der Waals surface area contributed by atoms with Gasteiger partial charge in [-0.05, 0) is 60.9 Å². The van der Waals surface area contributed by atoms with E-state index in [1.54, 1.807) is 13.2 Å². The zero-order valence-corrected chi connectivity index (χ0v) is 20.5. The number of hydrogen-bond acceptors (Lipinski definition) is 8. The van der Waals surface area contributed by atoms with Gasteiger partial charge in [-0.25, -0.2) is 4.99 Å². The molecule has 1 amide bonds. The zero-order valence-electron chi connectivity index (χ0n) is 19.7. The van der Waals surface area contributed by atoms with Crippen molar-refractivity contribution >= 4 is 44.9 Å². The number of unbranched alkanes of at least 4 members (excludes halogenated alkanes) is 2. The molecule has 1 aliphatic rings. The van der Waals surface area contributed by atoms with Crippen LogP contribution in [0.2, 0.25) is 0 Å². The zero-order chi connectivity index (χ0) is 24.6. The van der Waals surface area contributed by atoms with Gasteiger partial charge in [-0.1, -0.05) is 6.58 Å². The van der Waals surface area contributed by atoms with Crippen LogP contribution in [0.1, 0.15) is 30.6 Å². The van der Waals surface area contributed by atoms with Crippen molar-refractivity contribution in [1.29, 1.82) is 0 Å². The lowest BCUT2D eigenvalue weighted by Gasteiger charge is -2.10. The van der Waals surface area contributed by atoms with Crippen LogP contribution in [-0.4, -0.2) is 37.7 Å². The van der Waals surface area contributed by atoms with E-state index in [2.05, 4.69) is 29.0 Å². The Morgan fingerprint density at radius 2 is 2.14 bits per heavy atom. The van der Waals surface area contributed by atoms with E-state index in [0.717, 1.165) is 67.4 Å². The number of carbonyl (C=O) groups is 1. The molecule has 4 rings (SSSR count). The summed E-state index contributed by atoms with van der Waals surface area (Å²) in [5.74, 6) is 2.79. The number of fused-ring (bicyclic) bond motifs is 2. The van der Waals surface area contributed by atoms with Gasteiger partial charge in [0.1, 0.15) is 22.8 Å². The quantitative estimate of drug-likeness (QED) is 0.184. The third kappa shape index (κ3) is 6.51. The maximum absolute atomic E-state index is 10.9. The van der Waals surface area contributed by atoms with Crippen LogP contribution in [0.25, 0.3) is 16.7 Å². The van der Waals surface area contributed by atoms with Crippen LogP contribution >= 0.6 is 11.8 Å². The molecule has 0 radical (unpaired) electrons. The fourth-order valence-corrected chi connectivity index (χ4v) is 4.07. The number of amides is 1. The first kappa shape index (κ1) is 24.5. The third-order valence-electron chi connectivity index (χ3n) is 5.57. The van der Waals surface area contributed by atoms with Crippen molar-refractivity contribution in [1.82, 2.24) is 0 Å². The summed E-state index contributed by atoms with van der Waals surface area (Å²) in [5, 5.41) is 3.75. The van der Waals surface area contributed by atoms with Gasteiger partial charge < -0.3 is 29.7 Å². The normalized spacial score (nSPS) is 12.5. The molecule has 0 spiro atoms. The molecule has 184 valence electrons. The minimum absolute atomic E-state index is 0.378. The number of methoxy groups -OCH3 is 1. The summed E-state index contributed by atoms with van der Waals surface area (Å²) in [6.07, 6.45) is 3.98. The Morgan fingerprint density at radius 3 is 2.97 bits per heavy atom. The molecule has 0 saturated carbocycles. The van der Waals surface area contributed by atoms with E-state index in [-0.39, 0.29) is 0 Å². The summed E-state index contributed by atoms with van der Waals surface area (Å²) in [7, 11) is 1.60. The molecule has 2 heterocycles. The number of hydrogen-bond donors (Lipinski definition) is 2. The Kier molecular flexibility index (Phi) is 8.20. The number of furan rings is 1. The lowest BCUT2D eigenvalue weighted by atomic mass is 10.1. The SMILES string of the molecule is C=C(/N=C/SC(N)=O)c1cc2c(OCCCCCNc3ccc4c(c3)CCO4)cc(OC)cc2o1. The summed E-state index contributed by atoms with van der Waals surface area (Å²) in [6, 6.07) is 11.7. The first-order valence-electron chi connectivity index (χ1n) is 11.5. The van der Waals surface area contributed by atoms with Gasteiger partial charge >= 0.3 is 0 Å². The lowest BCUT2D eigenvalue weighted by molar-refractivity contribution is 0.267. The van der Waals surface area contributed by atoms with Crippen molar-refractivity contribution in [3.63, 3.8) is 0 Å². The molecule has 0 unspecified atom stereocenters. The van der Waals surface area contributed by atoms with Gasteiger partial charge in [0.2, 0.25) is 0 Å². The van der Waals surface area contributed by atoms with Crippen molar-refractivity contribution in [2.24, 2.45) is 10.7 Å². The fraction of sp³-hybridized carbons (Fsp3) is 0.308. The molecule has 8 nitrogen and oxygen atoms in total. The van der Waals surface area contributed by atoms with Gasteiger partial charge in [0, 0.05) is 30.8 Å². The van der Waals surface area contributed by atoms with Gasteiger partial charge in [0.15, 0.2) is 5.76 Å². The molecule has 35 heavy (non-hydrogen) atoms. The van der Waals surface area contributed by atoms with Crippen LogP contribution in [0.5, 0.6) is 17.2 Å². The van der Waals surface area contributed by atoms with Crippen LogP contribution in [0.3, 0.4) is 0 Å². The smallest absolute Gasteiger partial charge is 0.282 e. The van der Waals surface area contributed by atoms with Gasteiger partial charge in [0.05, 0.1) is 37.0 Å². The number of benzene rings is 2. The van der Waals surface area contributed by atoms with Crippen molar-refractivity contribution in [2.75, 3.05) is 32.2 Å². The first-order valence-corrected chi connectivity index (χ1v) is 12.3. The topological polar surface area (TPSA) is 108 Å². The van der Waals surface area contributed by atoms with Crippen LogP contribution in [0.15, 0.2) is 52.4 Å². The molecule has 1 aromatic heterocycles. The second-order valence-corrected chi connectivity index (χ2v) is 8.87. The number of nitrogens with two attached hydrogens (primary N) is 1. The van der Waals surface area contributed by atoms with E-state index in [9.17, 15) is 4.79 Å². The molecule has 1 aliphatic heterocycles. The lowest BCUT2D eigenvalue weighted by Crippen LogP contribution is -2.03. The minimum Gasteiger partial charge on any atom is -0.496 e. The van der Waals surface area contributed by atoms with Crippen LogP contribution in [0, 0.1) is 0 Å². The fourth-order valence-electron chi connectivity index (χ4n) is 3.78. The number of carbonyl (C=O) groups excluding carboxylic acids is 1. The standard InChI is InChI=1S/C26H29N3O5S/c1-17(29-16-35-26(27)30)23-15-21-24(13-20(31-2)14-25(21)34-23)32-10-5-3-4-9-28-19-6-7-22-18(12-19)8-11-33-22/h6-7,12-16,28H,1,3-5,8-11H2,2H3,(H2,27,30)/b29-16+. The maximum atomic E-state index is 10.9. The Bertz CT molecular complexity index is 1240. The largest absolute Gasteiger partial charge is 0.496 e. The van der Waals surface area contributed by atoms with Crippen molar-refractivity contribution in [3.8, 4) is 17.2 Å². The van der Waals surface area contributed by atoms with Crippen LogP contribution in [-0.2, 0) is 6.42 Å². The minimum atomic E-state index is -0.541. The van der Waals surface area contributed by atoms with Crippen molar-refractivity contribution in [3.05, 3.63) is 54.3 Å². The highest BCUT2D eigenvalue weighted by atomic mass is 32.2. The Labute approximate surface area is 208 Å². The molecule has 3 aromatic rings. The molecule has 0 aliphatic carbocycles. The predicted octanol–water partition coefficient (Wildman–Crippen LogP) is 5.85. The molecular formula is C26H29N3O5S. The third-order valence-corrected chi connectivity index (χ3v) is 6.01. The monoisotopic (exact) mass is 495 g/mol. The van der Waals surface area contributed by atoms with Gasteiger partial charge in [-0.2, -0.15) is 0 Å². The number of ether oxygens (including phenoxy) is 3. The number of anilines is 1. The number of aliphatic imine (C=N–C) groups is 1. The highest BCUT2D eigenvalue weighted by Gasteiger charge is 2.14. The number of nitrogens with one attached hydrogen (secondary N) is 1. The van der Waals surface area contributed by atoms with Crippen molar-refractivity contribution in [2.45, 2.75) is 25.7 Å². The molecule has 9 heteroatoms. The predicted molar refractivity (Wildman–Crippen MR) is 141 cm³/mol.